The van der Waals surface area contributed by atoms with Crippen LogP contribution >= 0.6 is 0 Å². The maximum atomic E-state index is 12.3. The summed E-state index contributed by atoms with van der Waals surface area (Å²) in [6, 6.07) is 2.26. The summed E-state index contributed by atoms with van der Waals surface area (Å²) in [6.45, 7) is 5.96. The van der Waals surface area contributed by atoms with Gasteiger partial charge in [-0.1, -0.05) is 13.8 Å². The minimum Gasteiger partial charge on any atom is -0.493 e. The van der Waals surface area contributed by atoms with Gasteiger partial charge in [-0.3, -0.25) is 4.79 Å². The van der Waals surface area contributed by atoms with Crippen LogP contribution in [-0.4, -0.2) is 45.2 Å². The van der Waals surface area contributed by atoms with Gasteiger partial charge in [0.25, 0.3) is 0 Å². The largest absolute Gasteiger partial charge is 0.493 e. The van der Waals surface area contributed by atoms with Crippen molar-refractivity contribution in [3.05, 3.63) is 28.8 Å². The van der Waals surface area contributed by atoms with Crippen LogP contribution in [0.4, 0.5) is 0 Å². The Morgan fingerprint density at radius 3 is 2.73 bits per heavy atom. The van der Waals surface area contributed by atoms with Gasteiger partial charge in [-0.25, -0.2) is 4.79 Å². The molecule has 1 aliphatic heterocycles. The van der Waals surface area contributed by atoms with Crippen LogP contribution in [0.15, 0.2) is 12.1 Å². The van der Waals surface area contributed by atoms with E-state index in [0.29, 0.717) is 36.9 Å². The van der Waals surface area contributed by atoms with E-state index in [1.807, 2.05) is 19.1 Å². The maximum absolute atomic E-state index is 12.3. The molecule has 0 amide bonds. The van der Waals surface area contributed by atoms with Crippen molar-refractivity contribution in [1.82, 2.24) is 5.32 Å². The molecule has 0 saturated heterocycles. The number of ether oxygens (including phenoxy) is 3. The maximum Gasteiger partial charge on any atom is 0.330 e. The third kappa shape index (κ3) is 3.40. The van der Waals surface area contributed by atoms with E-state index in [-0.39, 0.29) is 22.8 Å². The number of hydrogen-bond donors (Lipinski definition) is 1. The molecule has 0 aromatic heterocycles. The number of esters is 1. The molecule has 3 unspecified atom stereocenters. The lowest BCUT2D eigenvalue weighted by Crippen LogP contribution is -2.51. The molecule has 3 aliphatic carbocycles. The van der Waals surface area contributed by atoms with Crippen molar-refractivity contribution in [2.24, 2.45) is 11.8 Å². The molecule has 2 bridgehead atoms. The lowest BCUT2D eigenvalue weighted by Gasteiger charge is -2.42. The standard InChI is InChI=1S/C27H35NO5/c1-5-18(29)9-10-19-25(28-13-16-6-7-16)26(2)14-27(19)15-33-24-20(31-3)12-17(22(26)23(24)27)8-11-21(30)32-4/h8,11-12,16,19,25,28H,5-7,9-10,13-15H2,1-4H3/b11-8+/t19?,25?,26?,27-/m1/s1. The molecule has 1 aromatic carbocycles. The van der Waals surface area contributed by atoms with Gasteiger partial charge >= 0.3 is 5.97 Å². The Bertz CT molecular complexity index is 1010. The molecule has 6 nitrogen and oxygen atoms in total. The first-order valence-corrected chi connectivity index (χ1v) is 12.3. The number of nitrogens with one attached hydrogen (secondary N) is 1. The van der Waals surface area contributed by atoms with E-state index in [1.165, 1.54) is 37.2 Å². The van der Waals surface area contributed by atoms with Gasteiger partial charge in [0, 0.05) is 41.4 Å². The Kier molecular flexibility index (Phi) is 5.55. The predicted molar refractivity (Wildman–Crippen MR) is 126 cm³/mol. The second-order valence-corrected chi connectivity index (χ2v) is 10.5. The number of ketones is 1. The number of hydrogen-bond acceptors (Lipinski definition) is 6. The third-order valence-electron chi connectivity index (χ3n) is 8.57. The van der Waals surface area contributed by atoms with Crippen molar-refractivity contribution in [1.29, 1.82) is 0 Å². The van der Waals surface area contributed by atoms with Gasteiger partial charge in [0.2, 0.25) is 0 Å². The Hall–Kier alpha value is -2.34. The zero-order valence-electron chi connectivity index (χ0n) is 20.2. The summed E-state index contributed by atoms with van der Waals surface area (Å²) in [5, 5.41) is 3.95. The summed E-state index contributed by atoms with van der Waals surface area (Å²) < 4.78 is 16.9. The Morgan fingerprint density at radius 1 is 1.27 bits per heavy atom. The molecule has 4 aliphatic rings. The molecule has 4 atom stereocenters. The smallest absolute Gasteiger partial charge is 0.330 e. The van der Waals surface area contributed by atoms with Gasteiger partial charge in [-0.15, -0.1) is 0 Å². The average molecular weight is 454 g/mol. The van der Waals surface area contributed by atoms with Crippen LogP contribution < -0.4 is 14.8 Å². The van der Waals surface area contributed by atoms with Crippen LogP contribution in [0.5, 0.6) is 11.5 Å². The van der Waals surface area contributed by atoms with Crippen LogP contribution in [0.1, 0.15) is 69.1 Å². The molecule has 6 heteroatoms. The summed E-state index contributed by atoms with van der Waals surface area (Å²) in [5.41, 5.74) is 3.27. The van der Waals surface area contributed by atoms with Gasteiger partial charge in [0.05, 0.1) is 20.8 Å². The van der Waals surface area contributed by atoms with Gasteiger partial charge < -0.3 is 19.5 Å². The molecule has 2 saturated carbocycles. The van der Waals surface area contributed by atoms with Crippen molar-refractivity contribution in [3.8, 4) is 11.5 Å². The SMILES string of the molecule is CCC(=O)CCC1C(NCC2CC2)C2(C)C[C@@]13COc1c(OC)cc(/C=C/C(=O)OC)c2c13. The Morgan fingerprint density at radius 2 is 2.06 bits per heavy atom. The molecule has 1 N–H and O–H groups in total. The second kappa shape index (κ2) is 8.15. The number of methoxy groups -OCH3 is 2. The van der Waals surface area contributed by atoms with Gasteiger partial charge in [-0.2, -0.15) is 0 Å². The summed E-state index contributed by atoms with van der Waals surface area (Å²) in [5.74, 6) is 2.60. The molecule has 33 heavy (non-hydrogen) atoms. The first kappa shape index (κ1) is 22.5. The van der Waals surface area contributed by atoms with Crippen LogP contribution in [0.3, 0.4) is 0 Å². The first-order chi connectivity index (χ1) is 15.9. The normalized spacial score (nSPS) is 31.0. The van der Waals surface area contributed by atoms with Crippen LogP contribution in [0, 0.1) is 11.8 Å². The molecular formula is C27H35NO5. The van der Waals surface area contributed by atoms with Crippen molar-refractivity contribution in [2.75, 3.05) is 27.4 Å². The first-order valence-electron chi connectivity index (χ1n) is 12.3. The van der Waals surface area contributed by atoms with E-state index in [1.54, 1.807) is 7.11 Å². The summed E-state index contributed by atoms with van der Waals surface area (Å²) in [6.07, 6.45) is 9.01. The molecule has 1 heterocycles. The molecule has 178 valence electrons. The van der Waals surface area contributed by atoms with E-state index in [9.17, 15) is 9.59 Å². The molecule has 2 fully saturated rings. The number of benzene rings is 1. The number of rotatable bonds is 10. The number of carbonyl (C=O) groups excluding carboxylic acids is 2. The van der Waals surface area contributed by atoms with E-state index in [2.05, 4.69) is 12.2 Å². The zero-order valence-corrected chi connectivity index (χ0v) is 20.2. The van der Waals surface area contributed by atoms with Crippen LogP contribution in [0.25, 0.3) is 6.08 Å². The molecular weight excluding hydrogens is 418 g/mol. The average Bonchev–Trinajstić information content (AvgIpc) is 3.45. The molecule has 1 aromatic rings. The zero-order chi connectivity index (χ0) is 23.4. The van der Waals surface area contributed by atoms with E-state index < -0.39 is 0 Å². The van der Waals surface area contributed by atoms with Gasteiger partial charge in [-0.05, 0) is 67.3 Å². The minimum absolute atomic E-state index is 0.106. The van der Waals surface area contributed by atoms with Crippen molar-refractivity contribution in [3.63, 3.8) is 0 Å². The van der Waals surface area contributed by atoms with E-state index in [0.717, 1.165) is 36.6 Å². The van der Waals surface area contributed by atoms with Crippen LogP contribution in [0.2, 0.25) is 0 Å². The highest BCUT2D eigenvalue weighted by Crippen LogP contribution is 2.70. The molecule has 0 radical (unpaired) electrons. The van der Waals surface area contributed by atoms with Crippen molar-refractivity contribution >= 4 is 17.8 Å². The minimum atomic E-state index is -0.375. The number of fused-ring (bicyclic) bond motifs is 2. The van der Waals surface area contributed by atoms with Crippen molar-refractivity contribution < 1.29 is 23.8 Å². The lowest BCUT2D eigenvalue weighted by molar-refractivity contribution is -0.134. The van der Waals surface area contributed by atoms with Gasteiger partial charge in [0.1, 0.15) is 5.78 Å². The highest BCUT2D eigenvalue weighted by Gasteiger charge is 2.69. The highest BCUT2D eigenvalue weighted by molar-refractivity contribution is 5.88. The quantitative estimate of drug-likeness (QED) is 0.427. The fourth-order valence-corrected chi connectivity index (χ4v) is 6.93. The lowest BCUT2D eigenvalue weighted by atomic mass is 9.65. The molecule has 1 spiro atoms. The monoisotopic (exact) mass is 453 g/mol. The van der Waals surface area contributed by atoms with E-state index in [4.69, 9.17) is 14.2 Å². The molecule has 5 rings (SSSR count). The number of carbonyl (C=O) groups is 2. The van der Waals surface area contributed by atoms with Crippen molar-refractivity contribution in [2.45, 2.75) is 69.2 Å². The van der Waals surface area contributed by atoms with Gasteiger partial charge in [0.15, 0.2) is 11.5 Å². The Labute approximate surface area is 196 Å². The fourth-order valence-electron chi connectivity index (χ4n) is 6.93. The predicted octanol–water partition coefficient (Wildman–Crippen LogP) is 3.93. The number of Topliss-reactive ketones (excluding diaryl/α,β-unsaturated/α-hetero) is 1. The topological polar surface area (TPSA) is 73.9 Å². The third-order valence-corrected chi connectivity index (χ3v) is 8.57. The fraction of sp³-hybridized carbons (Fsp3) is 0.630. The summed E-state index contributed by atoms with van der Waals surface area (Å²) in [7, 11) is 3.05. The summed E-state index contributed by atoms with van der Waals surface area (Å²) in [4.78, 5) is 24.2. The summed E-state index contributed by atoms with van der Waals surface area (Å²) >= 11 is 0. The Balaban J connectivity index is 1.62. The highest BCUT2D eigenvalue weighted by atomic mass is 16.5. The van der Waals surface area contributed by atoms with E-state index >= 15 is 0 Å². The van der Waals surface area contributed by atoms with Crippen LogP contribution in [-0.2, 0) is 25.2 Å². The second-order valence-electron chi connectivity index (χ2n) is 10.5.